The van der Waals surface area contributed by atoms with Gasteiger partial charge in [-0.3, -0.25) is 4.79 Å². The molecule has 1 aromatic rings. The van der Waals surface area contributed by atoms with Crippen molar-refractivity contribution < 1.29 is 9.90 Å². The summed E-state index contributed by atoms with van der Waals surface area (Å²) < 4.78 is 0. The number of hydrogen-bond donors (Lipinski definition) is 2. The van der Waals surface area contributed by atoms with Crippen molar-refractivity contribution in [2.24, 2.45) is 5.41 Å². The zero-order chi connectivity index (χ0) is 13.0. The molecule has 1 aromatic heterocycles. The number of carbonyl (C=O) groups is 1. The number of aromatic nitrogens is 1. The summed E-state index contributed by atoms with van der Waals surface area (Å²) >= 11 is 7.22. The fourth-order valence-corrected chi connectivity index (χ4v) is 3.47. The SMILES string of the molecule is O=C(O)CC1(CNc2nc(Cl)cs2)CCCCC1. The van der Waals surface area contributed by atoms with Gasteiger partial charge in [-0.2, -0.15) is 0 Å². The van der Waals surface area contributed by atoms with Crippen molar-refractivity contribution in [2.45, 2.75) is 38.5 Å². The minimum absolute atomic E-state index is 0.123. The number of carboxylic acids is 1. The highest BCUT2D eigenvalue weighted by Gasteiger charge is 2.34. The third kappa shape index (κ3) is 3.59. The van der Waals surface area contributed by atoms with Crippen LogP contribution in [0.3, 0.4) is 0 Å². The molecule has 0 bridgehead atoms. The maximum atomic E-state index is 11.0. The molecule has 100 valence electrons. The summed E-state index contributed by atoms with van der Waals surface area (Å²) in [4.78, 5) is 15.2. The van der Waals surface area contributed by atoms with Crippen LogP contribution in [0.25, 0.3) is 0 Å². The first-order valence-electron chi connectivity index (χ1n) is 6.16. The molecule has 6 heteroatoms. The lowest BCUT2D eigenvalue weighted by molar-refractivity contribution is -0.140. The normalized spacial score (nSPS) is 18.5. The first-order chi connectivity index (χ1) is 8.60. The van der Waals surface area contributed by atoms with Gasteiger partial charge in [0.1, 0.15) is 5.15 Å². The molecule has 0 atom stereocenters. The molecular weight excluding hydrogens is 272 g/mol. The van der Waals surface area contributed by atoms with E-state index in [0.717, 1.165) is 30.8 Å². The molecule has 0 spiro atoms. The highest BCUT2D eigenvalue weighted by molar-refractivity contribution is 7.14. The Hall–Kier alpha value is -0.810. The van der Waals surface area contributed by atoms with Gasteiger partial charge in [0, 0.05) is 11.9 Å². The number of hydrogen-bond acceptors (Lipinski definition) is 4. The van der Waals surface area contributed by atoms with Crippen molar-refractivity contribution in [2.75, 3.05) is 11.9 Å². The van der Waals surface area contributed by atoms with Gasteiger partial charge < -0.3 is 10.4 Å². The predicted octanol–water partition coefficient (Wildman–Crippen LogP) is 3.63. The second-order valence-electron chi connectivity index (χ2n) is 4.96. The molecule has 0 amide bonds. The van der Waals surface area contributed by atoms with Crippen LogP contribution < -0.4 is 5.32 Å². The van der Waals surface area contributed by atoms with Gasteiger partial charge in [-0.25, -0.2) is 4.98 Å². The summed E-state index contributed by atoms with van der Waals surface area (Å²) in [6.07, 6.45) is 5.64. The number of aliphatic carboxylic acids is 1. The Morgan fingerprint density at radius 2 is 2.22 bits per heavy atom. The van der Waals surface area contributed by atoms with Gasteiger partial charge >= 0.3 is 5.97 Å². The quantitative estimate of drug-likeness (QED) is 0.868. The van der Waals surface area contributed by atoms with Crippen LogP contribution in [0.2, 0.25) is 5.15 Å². The molecular formula is C12H17ClN2O2S. The van der Waals surface area contributed by atoms with Crippen LogP contribution in [-0.4, -0.2) is 22.6 Å². The molecule has 0 saturated heterocycles. The molecule has 4 nitrogen and oxygen atoms in total. The van der Waals surface area contributed by atoms with Crippen LogP contribution in [0.1, 0.15) is 38.5 Å². The van der Waals surface area contributed by atoms with Crippen molar-refractivity contribution in [3.05, 3.63) is 10.5 Å². The lowest BCUT2D eigenvalue weighted by atomic mass is 9.72. The van der Waals surface area contributed by atoms with E-state index in [9.17, 15) is 4.79 Å². The van der Waals surface area contributed by atoms with E-state index in [1.54, 1.807) is 5.38 Å². The third-order valence-electron chi connectivity index (χ3n) is 3.53. The van der Waals surface area contributed by atoms with Gasteiger partial charge in [0.25, 0.3) is 0 Å². The van der Waals surface area contributed by atoms with Gasteiger partial charge in [-0.15, -0.1) is 11.3 Å². The number of carboxylic acid groups (broad SMARTS) is 1. The predicted molar refractivity (Wildman–Crippen MR) is 73.4 cm³/mol. The summed E-state index contributed by atoms with van der Waals surface area (Å²) in [5, 5.41) is 15.3. The summed E-state index contributed by atoms with van der Waals surface area (Å²) in [6, 6.07) is 0. The van der Waals surface area contributed by atoms with E-state index in [2.05, 4.69) is 10.3 Å². The zero-order valence-electron chi connectivity index (χ0n) is 10.1. The van der Waals surface area contributed by atoms with Crippen LogP contribution in [0, 0.1) is 5.41 Å². The lowest BCUT2D eigenvalue weighted by Gasteiger charge is -2.36. The maximum Gasteiger partial charge on any atom is 0.303 e. The largest absolute Gasteiger partial charge is 0.481 e. The number of nitrogens with one attached hydrogen (secondary N) is 1. The van der Waals surface area contributed by atoms with Crippen LogP contribution >= 0.6 is 22.9 Å². The van der Waals surface area contributed by atoms with Gasteiger partial charge in [-0.05, 0) is 18.3 Å². The average Bonchev–Trinajstić information content (AvgIpc) is 2.73. The zero-order valence-corrected chi connectivity index (χ0v) is 11.7. The summed E-state index contributed by atoms with van der Waals surface area (Å²) in [7, 11) is 0. The number of rotatable bonds is 5. The Balaban J connectivity index is 1.98. The number of thiazole rings is 1. The molecule has 1 aliphatic rings. The van der Waals surface area contributed by atoms with Gasteiger partial charge in [0.05, 0.1) is 6.42 Å². The van der Waals surface area contributed by atoms with Crippen molar-refractivity contribution in [1.82, 2.24) is 4.98 Å². The highest BCUT2D eigenvalue weighted by Crippen LogP contribution is 2.39. The van der Waals surface area contributed by atoms with E-state index < -0.39 is 5.97 Å². The topological polar surface area (TPSA) is 62.2 Å². The number of nitrogens with zero attached hydrogens (tertiary/aromatic N) is 1. The van der Waals surface area contributed by atoms with E-state index >= 15 is 0 Å². The van der Waals surface area contributed by atoms with Crippen LogP contribution in [0.15, 0.2) is 5.38 Å². The Morgan fingerprint density at radius 1 is 1.50 bits per heavy atom. The minimum Gasteiger partial charge on any atom is -0.481 e. The fraction of sp³-hybridized carbons (Fsp3) is 0.667. The molecule has 1 heterocycles. The van der Waals surface area contributed by atoms with E-state index in [1.165, 1.54) is 17.8 Å². The van der Waals surface area contributed by atoms with Gasteiger partial charge in [0.15, 0.2) is 5.13 Å². The molecule has 1 saturated carbocycles. The lowest BCUT2D eigenvalue weighted by Crippen LogP contribution is -2.34. The van der Waals surface area contributed by atoms with Crippen LogP contribution in [0.5, 0.6) is 0 Å². The summed E-state index contributed by atoms with van der Waals surface area (Å²) in [6.45, 7) is 0.670. The van der Waals surface area contributed by atoms with Crippen molar-refractivity contribution in [1.29, 1.82) is 0 Å². The van der Waals surface area contributed by atoms with Gasteiger partial charge in [-0.1, -0.05) is 30.9 Å². The summed E-state index contributed by atoms with van der Waals surface area (Å²) in [5.74, 6) is -0.712. The highest BCUT2D eigenvalue weighted by atomic mass is 35.5. The second kappa shape index (κ2) is 5.89. The molecule has 0 aliphatic heterocycles. The van der Waals surface area contributed by atoms with Gasteiger partial charge in [0.2, 0.25) is 0 Å². The molecule has 18 heavy (non-hydrogen) atoms. The van der Waals surface area contributed by atoms with Crippen molar-refractivity contribution >= 4 is 34.0 Å². The molecule has 2 rings (SSSR count). The van der Waals surface area contributed by atoms with E-state index in [4.69, 9.17) is 16.7 Å². The van der Waals surface area contributed by atoms with E-state index in [0.29, 0.717) is 11.7 Å². The fourth-order valence-electron chi connectivity index (χ4n) is 2.64. The first kappa shape index (κ1) is 13.6. The van der Waals surface area contributed by atoms with Crippen LogP contribution in [-0.2, 0) is 4.79 Å². The Kier molecular flexibility index (Phi) is 4.45. The number of halogens is 1. The Bertz CT molecular complexity index is 416. The van der Waals surface area contributed by atoms with E-state index in [1.807, 2.05) is 0 Å². The Labute approximate surface area is 115 Å². The standard InChI is InChI=1S/C12H17ClN2O2S/c13-9-7-18-11(15-9)14-8-12(6-10(16)17)4-2-1-3-5-12/h7H,1-6,8H2,(H,14,15)(H,16,17). The minimum atomic E-state index is -0.712. The molecule has 0 unspecified atom stereocenters. The average molecular weight is 289 g/mol. The Morgan fingerprint density at radius 3 is 2.78 bits per heavy atom. The molecule has 0 aromatic carbocycles. The van der Waals surface area contributed by atoms with Crippen molar-refractivity contribution in [3.8, 4) is 0 Å². The van der Waals surface area contributed by atoms with Crippen LogP contribution in [0.4, 0.5) is 5.13 Å². The molecule has 0 radical (unpaired) electrons. The smallest absolute Gasteiger partial charge is 0.303 e. The van der Waals surface area contributed by atoms with E-state index in [-0.39, 0.29) is 11.8 Å². The molecule has 1 aliphatic carbocycles. The first-order valence-corrected chi connectivity index (χ1v) is 7.42. The maximum absolute atomic E-state index is 11.0. The molecule has 2 N–H and O–H groups in total. The summed E-state index contributed by atoms with van der Waals surface area (Å²) in [5.41, 5.74) is -0.123. The monoisotopic (exact) mass is 288 g/mol. The molecule has 1 fully saturated rings. The third-order valence-corrected chi connectivity index (χ3v) is 4.65. The number of anilines is 1. The second-order valence-corrected chi connectivity index (χ2v) is 6.21. The van der Waals surface area contributed by atoms with Crippen molar-refractivity contribution in [3.63, 3.8) is 0 Å².